The number of esters is 3. The molecule has 0 heterocycles. The van der Waals surface area contributed by atoms with Gasteiger partial charge in [0.05, 0.1) is 0 Å². The smallest absolute Gasteiger partial charge is 0.306 e. The van der Waals surface area contributed by atoms with Gasteiger partial charge in [-0.05, 0) is 83.5 Å². The Morgan fingerprint density at radius 1 is 0.278 bits per heavy atom. The van der Waals surface area contributed by atoms with Gasteiger partial charge in [0.1, 0.15) is 13.2 Å². The topological polar surface area (TPSA) is 78.9 Å². The van der Waals surface area contributed by atoms with Gasteiger partial charge in [-0.25, -0.2) is 0 Å². The molecular weight excluding hydrogens is 889 g/mol. The fourth-order valence-corrected chi connectivity index (χ4v) is 9.27. The number of ether oxygens (including phenoxy) is 3. The van der Waals surface area contributed by atoms with Gasteiger partial charge in [-0.1, -0.05) is 281 Å². The van der Waals surface area contributed by atoms with Crippen LogP contribution in [0.15, 0.2) is 48.6 Å². The van der Waals surface area contributed by atoms with Crippen molar-refractivity contribution in [1.29, 1.82) is 0 Å². The van der Waals surface area contributed by atoms with Crippen LogP contribution in [-0.4, -0.2) is 37.2 Å². The van der Waals surface area contributed by atoms with Gasteiger partial charge in [0.2, 0.25) is 0 Å². The Balaban J connectivity index is 4.33. The first-order chi connectivity index (χ1) is 35.5. The van der Waals surface area contributed by atoms with Gasteiger partial charge in [-0.2, -0.15) is 0 Å². The number of allylic oxidation sites excluding steroid dienone is 8. The van der Waals surface area contributed by atoms with Crippen LogP contribution in [0, 0.1) is 0 Å². The third-order valence-electron chi connectivity index (χ3n) is 14.1. The molecule has 0 aromatic heterocycles. The van der Waals surface area contributed by atoms with Crippen molar-refractivity contribution in [2.45, 2.75) is 341 Å². The monoisotopic (exact) mass is 1010 g/mol. The first kappa shape index (κ1) is 69.4. The van der Waals surface area contributed by atoms with E-state index in [9.17, 15) is 14.4 Å². The van der Waals surface area contributed by atoms with E-state index in [1.165, 1.54) is 225 Å². The summed E-state index contributed by atoms with van der Waals surface area (Å²) in [6, 6.07) is 0. The van der Waals surface area contributed by atoms with Crippen molar-refractivity contribution in [2.75, 3.05) is 13.2 Å². The summed E-state index contributed by atoms with van der Waals surface area (Å²) in [6.45, 7) is 6.65. The highest BCUT2D eigenvalue weighted by Gasteiger charge is 2.19. The Labute approximate surface area is 448 Å². The minimum Gasteiger partial charge on any atom is -0.462 e. The van der Waals surface area contributed by atoms with Crippen LogP contribution in [0.3, 0.4) is 0 Å². The summed E-state index contributed by atoms with van der Waals surface area (Å²) in [4.78, 5) is 38.3. The Hall–Kier alpha value is -2.63. The maximum atomic E-state index is 12.9. The molecule has 6 nitrogen and oxygen atoms in total. The molecule has 0 fully saturated rings. The van der Waals surface area contributed by atoms with Crippen LogP contribution in [0.1, 0.15) is 335 Å². The highest BCUT2D eigenvalue weighted by molar-refractivity contribution is 5.71. The zero-order chi connectivity index (χ0) is 52.2. The lowest BCUT2D eigenvalue weighted by Crippen LogP contribution is -2.30. The molecule has 0 aromatic carbocycles. The Bertz CT molecular complexity index is 1250. The molecule has 1 atom stereocenters. The average Bonchev–Trinajstić information content (AvgIpc) is 3.38. The van der Waals surface area contributed by atoms with Gasteiger partial charge in [0, 0.05) is 19.3 Å². The first-order valence-corrected chi connectivity index (χ1v) is 31.6. The summed E-state index contributed by atoms with van der Waals surface area (Å²) in [5.74, 6) is -0.861. The van der Waals surface area contributed by atoms with E-state index in [1.54, 1.807) is 0 Å². The second-order valence-corrected chi connectivity index (χ2v) is 21.3. The first-order valence-electron chi connectivity index (χ1n) is 31.6. The molecule has 1 unspecified atom stereocenters. The maximum absolute atomic E-state index is 12.9. The molecule has 0 aromatic rings. The molecule has 0 aliphatic heterocycles. The van der Waals surface area contributed by atoms with Crippen molar-refractivity contribution < 1.29 is 28.6 Å². The van der Waals surface area contributed by atoms with Crippen molar-refractivity contribution in [3.63, 3.8) is 0 Å². The van der Waals surface area contributed by atoms with E-state index >= 15 is 0 Å². The third-order valence-corrected chi connectivity index (χ3v) is 14.1. The second-order valence-electron chi connectivity index (χ2n) is 21.3. The molecule has 0 aliphatic rings. The van der Waals surface area contributed by atoms with Crippen LogP contribution in [0.4, 0.5) is 0 Å². The highest BCUT2D eigenvalue weighted by Crippen LogP contribution is 2.17. The summed E-state index contributed by atoms with van der Waals surface area (Å²) >= 11 is 0. The Morgan fingerprint density at radius 3 is 0.792 bits per heavy atom. The predicted octanol–water partition coefficient (Wildman–Crippen LogP) is 21.4. The molecule has 0 rings (SSSR count). The van der Waals surface area contributed by atoms with Crippen LogP contribution < -0.4 is 0 Å². The van der Waals surface area contributed by atoms with Crippen molar-refractivity contribution in [3.8, 4) is 0 Å². The molecule has 420 valence electrons. The predicted molar refractivity (Wildman–Crippen MR) is 312 cm³/mol. The molecule has 6 heteroatoms. The SMILES string of the molecule is CCCCC/C=C\C/C=C\CCCCCCCCCCCC(=O)OC(COC(=O)CCCCCCCCCCC/C=C\C/C=C\CCCCCCC)COC(=O)CCCCCCCCCCCCCCCC. The summed E-state index contributed by atoms with van der Waals surface area (Å²) in [5, 5.41) is 0. The second kappa shape index (κ2) is 60.9. The standard InChI is InChI=1S/C66H120O6/c1-4-7-10-13-16-19-22-25-28-30-32-33-35-36-38-41-44-47-50-53-56-59-65(68)71-62-63(61-70-64(67)58-55-52-49-46-43-40-27-24-21-18-15-12-9-6-3)72-66(69)60-57-54-51-48-45-42-39-37-34-31-29-26-23-20-17-14-11-8-5-2/h17,20,22,25-26,29-30,32,63H,4-16,18-19,21,23-24,27-28,31,33-62H2,1-3H3/b20-17-,25-22-,29-26-,32-30-. The summed E-state index contributed by atoms with van der Waals surface area (Å²) < 4.78 is 16.9. The molecule has 0 N–H and O–H groups in total. The van der Waals surface area contributed by atoms with Crippen molar-refractivity contribution in [3.05, 3.63) is 48.6 Å². The van der Waals surface area contributed by atoms with E-state index in [0.717, 1.165) is 70.6 Å². The lowest BCUT2D eigenvalue weighted by atomic mass is 10.0. The fourth-order valence-electron chi connectivity index (χ4n) is 9.27. The zero-order valence-electron chi connectivity index (χ0n) is 48.2. The minimum absolute atomic E-state index is 0.0725. The van der Waals surface area contributed by atoms with E-state index in [2.05, 4.69) is 69.4 Å². The van der Waals surface area contributed by atoms with Gasteiger partial charge in [0.15, 0.2) is 6.10 Å². The third kappa shape index (κ3) is 58.3. The Kier molecular flexibility index (Phi) is 58.7. The molecule has 0 bridgehead atoms. The quantitative estimate of drug-likeness (QED) is 0.0261. The van der Waals surface area contributed by atoms with Crippen molar-refractivity contribution in [1.82, 2.24) is 0 Å². The van der Waals surface area contributed by atoms with Gasteiger partial charge < -0.3 is 14.2 Å². The number of rotatable bonds is 58. The van der Waals surface area contributed by atoms with Crippen LogP contribution in [0.5, 0.6) is 0 Å². The number of carbonyl (C=O) groups is 3. The molecule has 0 saturated heterocycles. The number of hydrogen-bond donors (Lipinski definition) is 0. The number of hydrogen-bond acceptors (Lipinski definition) is 6. The lowest BCUT2D eigenvalue weighted by molar-refractivity contribution is -0.167. The zero-order valence-corrected chi connectivity index (χ0v) is 48.2. The van der Waals surface area contributed by atoms with Crippen molar-refractivity contribution in [2.24, 2.45) is 0 Å². The fraction of sp³-hybridized carbons (Fsp3) is 0.833. The van der Waals surface area contributed by atoms with Crippen LogP contribution in [-0.2, 0) is 28.6 Å². The largest absolute Gasteiger partial charge is 0.462 e. The van der Waals surface area contributed by atoms with Crippen LogP contribution >= 0.6 is 0 Å². The molecule has 0 spiro atoms. The minimum atomic E-state index is -0.776. The van der Waals surface area contributed by atoms with Crippen LogP contribution in [0.2, 0.25) is 0 Å². The van der Waals surface area contributed by atoms with Gasteiger partial charge in [-0.15, -0.1) is 0 Å². The summed E-state index contributed by atoms with van der Waals surface area (Å²) in [6.07, 6.45) is 75.3. The van der Waals surface area contributed by atoms with Gasteiger partial charge in [0.25, 0.3) is 0 Å². The number of carbonyl (C=O) groups excluding carboxylic acids is 3. The molecular formula is C66H120O6. The van der Waals surface area contributed by atoms with Gasteiger partial charge >= 0.3 is 17.9 Å². The summed E-state index contributed by atoms with van der Waals surface area (Å²) in [5.41, 5.74) is 0. The maximum Gasteiger partial charge on any atom is 0.306 e. The van der Waals surface area contributed by atoms with E-state index in [0.29, 0.717) is 19.3 Å². The Morgan fingerprint density at radius 2 is 0.500 bits per heavy atom. The molecule has 72 heavy (non-hydrogen) atoms. The van der Waals surface area contributed by atoms with Crippen molar-refractivity contribution >= 4 is 17.9 Å². The van der Waals surface area contributed by atoms with E-state index in [4.69, 9.17) is 14.2 Å². The van der Waals surface area contributed by atoms with E-state index < -0.39 is 6.10 Å². The molecule has 0 amide bonds. The normalized spacial score (nSPS) is 12.3. The van der Waals surface area contributed by atoms with E-state index in [1.807, 2.05) is 0 Å². The highest BCUT2D eigenvalue weighted by atomic mass is 16.6. The number of unbranched alkanes of at least 4 members (excludes halogenated alkanes) is 39. The molecule has 0 radical (unpaired) electrons. The molecule has 0 aliphatic carbocycles. The summed E-state index contributed by atoms with van der Waals surface area (Å²) in [7, 11) is 0. The lowest BCUT2D eigenvalue weighted by Gasteiger charge is -2.18. The average molecular weight is 1010 g/mol. The van der Waals surface area contributed by atoms with Gasteiger partial charge in [-0.3, -0.25) is 14.4 Å². The van der Waals surface area contributed by atoms with Crippen LogP contribution in [0.25, 0.3) is 0 Å². The molecule has 0 saturated carbocycles. The van der Waals surface area contributed by atoms with E-state index in [-0.39, 0.29) is 31.1 Å².